The number of aryl methyl sites for hydroxylation is 1. The molecule has 0 unspecified atom stereocenters. The minimum absolute atomic E-state index is 0.0321. The van der Waals surface area contributed by atoms with E-state index in [0.717, 1.165) is 30.5 Å². The molecule has 29 heavy (non-hydrogen) atoms. The number of carbonyl (C=O) groups excluding carboxylic acids is 1. The minimum atomic E-state index is 0.0321. The number of hydrogen-bond acceptors (Lipinski definition) is 3. The van der Waals surface area contributed by atoms with E-state index < -0.39 is 0 Å². The van der Waals surface area contributed by atoms with E-state index in [1.165, 1.54) is 68.5 Å². The van der Waals surface area contributed by atoms with Crippen molar-refractivity contribution in [1.82, 2.24) is 14.8 Å². The predicted octanol–water partition coefficient (Wildman–Crippen LogP) is 4.29. The van der Waals surface area contributed by atoms with Crippen molar-refractivity contribution >= 4 is 16.8 Å². The van der Waals surface area contributed by atoms with Crippen molar-refractivity contribution in [3.05, 3.63) is 35.0 Å². The highest BCUT2D eigenvalue weighted by atomic mass is 16.5. The third kappa shape index (κ3) is 5.61. The van der Waals surface area contributed by atoms with Gasteiger partial charge in [-0.25, -0.2) is 0 Å². The van der Waals surface area contributed by atoms with Crippen molar-refractivity contribution in [2.45, 2.75) is 58.9 Å². The van der Waals surface area contributed by atoms with Crippen LogP contribution in [0.25, 0.3) is 10.9 Å². The van der Waals surface area contributed by atoms with Crippen LogP contribution in [0.5, 0.6) is 0 Å². The Hall–Kier alpha value is -1.85. The molecule has 2 aromatic rings. The molecule has 0 bridgehead atoms. The standard InChI is InChI=1S/C24H37N3O2/c1-19-20(2)27(16-17-29-3)23-11-10-21(18-22(19)23)24(28)25-12-6-4-7-13-26-14-8-5-9-15-26/h10-11,18H,4-9,12-17H2,1-3H3,(H,25,28). The number of benzene rings is 1. The Morgan fingerprint density at radius 2 is 1.86 bits per heavy atom. The van der Waals surface area contributed by atoms with Crippen LogP contribution >= 0.6 is 0 Å². The molecule has 0 spiro atoms. The monoisotopic (exact) mass is 399 g/mol. The van der Waals surface area contributed by atoms with Crippen molar-refractivity contribution in [3.63, 3.8) is 0 Å². The number of fused-ring (bicyclic) bond motifs is 1. The lowest BCUT2D eigenvalue weighted by molar-refractivity contribution is 0.0953. The zero-order valence-electron chi connectivity index (χ0n) is 18.4. The molecule has 1 aliphatic rings. The number of likely N-dealkylation sites (tertiary alicyclic amines) is 1. The fourth-order valence-electron chi connectivity index (χ4n) is 4.39. The first kappa shape index (κ1) is 21.8. The van der Waals surface area contributed by atoms with Crippen LogP contribution < -0.4 is 5.32 Å². The third-order valence-corrected chi connectivity index (χ3v) is 6.31. The molecule has 5 nitrogen and oxygen atoms in total. The van der Waals surface area contributed by atoms with Gasteiger partial charge in [0.2, 0.25) is 0 Å². The zero-order valence-corrected chi connectivity index (χ0v) is 18.4. The third-order valence-electron chi connectivity index (χ3n) is 6.31. The minimum Gasteiger partial charge on any atom is -0.383 e. The largest absolute Gasteiger partial charge is 0.383 e. The highest BCUT2D eigenvalue weighted by Crippen LogP contribution is 2.26. The number of carbonyl (C=O) groups is 1. The fraction of sp³-hybridized carbons (Fsp3) is 0.625. The molecule has 1 aromatic carbocycles. The SMILES string of the molecule is COCCn1c(C)c(C)c2cc(C(=O)NCCCCCN3CCCCC3)ccc21. The van der Waals surface area contributed by atoms with E-state index in [0.29, 0.717) is 6.61 Å². The van der Waals surface area contributed by atoms with Gasteiger partial charge in [0, 0.05) is 42.4 Å². The summed E-state index contributed by atoms with van der Waals surface area (Å²) in [7, 11) is 1.73. The van der Waals surface area contributed by atoms with E-state index >= 15 is 0 Å². The smallest absolute Gasteiger partial charge is 0.251 e. The van der Waals surface area contributed by atoms with Crippen LogP contribution in [0.1, 0.15) is 60.1 Å². The maximum Gasteiger partial charge on any atom is 0.251 e. The molecule has 1 amide bonds. The van der Waals surface area contributed by atoms with Crippen molar-refractivity contribution in [2.75, 3.05) is 39.9 Å². The van der Waals surface area contributed by atoms with Crippen LogP contribution in [0, 0.1) is 13.8 Å². The molecular weight excluding hydrogens is 362 g/mol. The van der Waals surface area contributed by atoms with Gasteiger partial charge in [0.1, 0.15) is 0 Å². The fourth-order valence-corrected chi connectivity index (χ4v) is 4.39. The second kappa shape index (κ2) is 10.8. The average molecular weight is 400 g/mol. The van der Waals surface area contributed by atoms with Gasteiger partial charge in [-0.05, 0) is 82.9 Å². The second-order valence-electron chi connectivity index (χ2n) is 8.31. The molecule has 0 radical (unpaired) electrons. The average Bonchev–Trinajstić information content (AvgIpc) is 2.99. The number of nitrogens with one attached hydrogen (secondary N) is 1. The number of nitrogens with zero attached hydrogens (tertiary/aromatic N) is 2. The molecule has 0 aliphatic carbocycles. The molecule has 1 N–H and O–H groups in total. The lowest BCUT2D eigenvalue weighted by Crippen LogP contribution is -2.30. The molecule has 5 heteroatoms. The Balaban J connectivity index is 1.48. The molecule has 160 valence electrons. The van der Waals surface area contributed by atoms with E-state index in [4.69, 9.17) is 4.74 Å². The van der Waals surface area contributed by atoms with Gasteiger partial charge in [0.15, 0.2) is 0 Å². The summed E-state index contributed by atoms with van der Waals surface area (Å²) in [5, 5.41) is 4.26. The van der Waals surface area contributed by atoms with E-state index in [1.807, 2.05) is 12.1 Å². The molecule has 1 aromatic heterocycles. The van der Waals surface area contributed by atoms with Crippen molar-refractivity contribution in [3.8, 4) is 0 Å². The summed E-state index contributed by atoms with van der Waals surface area (Å²) in [4.78, 5) is 15.2. The molecule has 1 fully saturated rings. The summed E-state index contributed by atoms with van der Waals surface area (Å²) in [5.74, 6) is 0.0321. The topological polar surface area (TPSA) is 46.5 Å². The summed E-state index contributed by atoms with van der Waals surface area (Å²) >= 11 is 0. The molecule has 1 aliphatic heterocycles. The summed E-state index contributed by atoms with van der Waals surface area (Å²) in [6, 6.07) is 6.04. The van der Waals surface area contributed by atoms with Crippen LogP contribution in [-0.4, -0.2) is 55.3 Å². The molecule has 1 saturated heterocycles. The molecular formula is C24H37N3O2. The number of methoxy groups -OCH3 is 1. The summed E-state index contributed by atoms with van der Waals surface area (Å²) in [6.45, 7) is 10.3. The first-order valence-corrected chi connectivity index (χ1v) is 11.2. The number of ether oxygens (including phenoxy) is 1. The summed E-state index contributed by atoms with van der Waals surface area (Å²) in [6.07, 6.45) is 7.56. The molecule has 0 atom stereocenters. The zero-order chi connectivity index (χ0) is 20.6. The number of unbranched alkanes of at least 4 members (excludes halogenated alkanes) is 2. The van der Waals surface area contributed by atoms with Crippen LogP contribution in [0.2, 0.25) is 0 Å². The maximum absolute atomic E-state index is 12.6. The Bertz CT molecular complexity index is 806. The Morgan fingerprint density at radius 3 is 2.62 bits per heavy atom. The van der Waals surface area contributed by atoms with Gasteiger partial charge in [-0.15, -0.1) is 0 Å². The Kier molecular flexibility index (Phi) is 8.13. The Labute approximate surface area is 175 Å². The first-order chi connectivity index (χ1) is 14.1. The number of rotatable bonds is 10. The highest BCUT2D eigenvalue weighted by Gasteiger charge is 2.14. The van der Waals surface area contributed by atoms with Gasteiger partial charge in [-0.2, -0.15) is 0 Å². The highest BCUT2D eigenvalue weighted by molar-refractivity contribution is 5.99. The van der Waals surface area contributed by atoms with Crippen LogP contribution in [-0.2, 0) is 11.3 Å². The molecule has 3 rings (SSSR count). The predicted molar refractivity (Wildman–Crippen MR) is 120 cm³/mol. The number of hydrogen-bond donors (Lipinski definition) is 1. The van der Waals surface area contributed by atoms with Gasteiger partial charge < -0.3 is 19.5 Å². The first-order valence-electron chi connectivity index (χ1n) is 11.2. The van der Waals surface area contributed by atoms with Crippen LogP contribution in [0.15, 0.2) is 18.2 Å². The van der Waals surface area contributed by atoms with Crippen molar-refractivity contribution < 1.29 is 9.53 Å². The van der Waals surface area contributed by atoms with Gasteiger partial charge in [-0.3, -0.25) is 4.79 Å². The number of amides is 1. The van der Waals surface area contributed by atoms with Gasteiger partial charge in [0.25, 0.3) is 5.91 Å². The molecule has 0 saturated carbocycles. The number of aromatic nitrogens is 1. The van der Waals surface area contributed by atoms with Gasteiger partial charge in [-0.1, -0.05) is 12.8 Å². The lowest BCUT2D eigenvalue weighted by atomic mass is 10.1. The Morgan fingerprint density at radius 1 is 1.07 bits per heavy atom. The van der Waals surface area contributed by atoms with Crippen LogP contribution in [0.4, 0.5) is 0 Å². The van der Waals surface area contributed by atoms with E-state index in [2.05, 4.69) is 34.7 Å². The van der Waals surface area contributed by atoms with Crippen molar-refractivity contribution in [2.24, 2.45) is 0 Å². The summed E-state index contributed by atoms with van der Waals surface area (Å²) in [5.41, 5.74) is 4.40. The molecule has 2 heterocycles. The normalized spacial score (nSPS) is 15.1. The van der Waals surface area contributed by atoms with Gasteiger partial charge >= 0.3 is 0 Å². The van der Waals surface area contributed by atoms with Crippen LogP contribution in [0.3, 0.4) is 0 Å². The second-order valence-corrected chi connectivity index (χ2v) is 8.31. The van der Waals surface area contributed by atoms with Gasteiger partial charge in [0.05, 0.1) is 6.61 Å². The van der Waals surface area contributed by atoms with E-state index in [-0.39, 0.29) is 5.91 Å². The maximum atomic E-state index is 12.6. The lowest BCUT2D eigenvalue weighted by Gasteiger charge is -2.26. The van der Waals surface area contributed by atoms with Crippen molar-refractivity contribution in [1.29, 1.82) is 0 Å². The summed E-state index contributed by atoms with van der Waals surface area (Å²) < 4.78 is 7.52. The quantitative estimate of drug-likeness (QED) is 0.606. The number of piperidine rings is 1. The van der Waals surface area contributed by atoms with E-state index in [9.17, 15) is 4.79 Å². The van der Waals surface area contributed by atoms with E-state index in [1.54, 1.807) is 7.11 Å².